The maximum Gasteiger partial charge on any atom is 0.162 e. The predicted molar refractivity (Wildman–Crippen MR) is 75.4 cm³/mol. The van der Waals surface area contributed by atoms with Gasteiger partial charge in [-0.3, -0.25) is 0 Å². The minimum atomic E-state index is -0.298. The lowest BCUT2D eigenvalue weighted by atomic mass is 10.0. The number of hydrogen-bond donors (Lipinski definition) is 1. The largest absolute Gasteiger partial charge is 0.497 e. The molecular formula is C16H16O4. The smallest absolute Gasteiger partial charge is 0.162 e. The summed E-state index contributed by atoms with van der Waals surface area (Å²) in [6.45, 7) is 0.331. The zero-order valence-corrected chi connectivity index (χ0v) is 11.2. The van der Waals surface area contributed by atoms with Crippen LogP contribution in [0.3, 0.4) is 0 Å². The van der Waals surface area contributed by atoms with E-state index >= 15 is 0 Å². The molecule has 104 valence electrons. The Kier molecular flexibility index (Phi) is 3.48. The molecule has 0 fully saturated rings. The summed E-state index contributed by atoms with van der Waals surface area (Å²) in [5.41, 5.74) is 2.11. The second kappa shape index (κ2) is 5.43. The van der Waals surface area contributed by atoms with Crippen LogP contribution < -0.4 is 14.2 Å². The fraction of sp³-hybridized carbons (Fsp3) is 0.250. The molecule has 0 radical (unpaired) electrons. The van der Waals surface area contributed by atoms with E-state index < -0.39 is 0 Å². The van der Waals surface area contributed by atoms with Crippen molar-refractivity contribution in [3.05, 3.63) is 42.5 Å². The number of hydrogen-bond acceptors (Lipinski definition) is 4. The van der Waals surface area contributed by atoms with E-state index in [1.807, 2.05) is 42.5 Å². The Labute approximate surface area is 117 Å². The molecule has 2 aromatic rings. The van der Waals surface area contributed by atoms with Gasteiger partial charge in [0.1, 0.15) is 12.4 Å². The normalized spacial score (nSPS) is 16.8. The van der Waals surface area contributed by atoms with Gasteiger partial charge < -0.3 is 19.3 Å². The molecule has 1 unspecified atom stereocenters. The molecule has 0 aromatic heterocycles. The van der Waals surface area contributed by atoms with Gasteiger partial charge in [-0.05, 0) is 35.4 Å². The topological polar surface area (TPSA) is 47.9 Å². The zero-order chi connectivity index (χ0) is 13.9. The van der Waals surface area contributed by atoms with Crippen LogP contribution in [0.15, 0.2) is 42.5 Å². The van der Waals surface area contributed by atoms with Crippen molar-refractivity contribution in [1.29, 1.82) is 0 Å². The standard InChI is InChI=1S/C16H16O4/c1-18-13-5-2-11(3-6-13)12-4-7-15-16(8-12)20-14(9-17)10-19-15/h2-8,14,17H,9-10H2,1H3. The molecule has 0 saturated carbocycles. The number of aliphatic hydroxyl groups is 1. The molecular weight excluding hydrogens is 256 g/mol. The molecule has 1 aliphatic rings. The van der Waals surface area contributed by atoms with Gasteiger partial charge in [0.2, 0.25) is 0 Å². The van der Waals surface area contributed by atoms with Crippen molar-refractivity contribution in [1.82, 2.24) is 0 Å². The summed E-state index contributed by atoms with van der Waals surface area (Å²) >= 11 is 0. The van der Waals surface area contributed by atoms with E-state index in [1.54, 1.807) is 7.11 Å². The maximum absolute atomic E-state index is 9.14. The molecule has 0 aliphatic carbocycles. The molecule has 0 bridgehead atoms. The molecule has 0 saturated heterocycles. The molecule has 4 heteroatoms. The second-order valence-electron chi connectivity index (χ2n) is 4.62. The average Bonchev–Trinajstić information content (AvgIpc) is 2.54. The van der Waals surface area contributed by atoms with Crippen LogP contribution in [0.4, 0.5) is 0 Å². The summed E-state index contributed by atoms with van der Waals surface area (Å²) in [4.78, 5) is 0. The molecule has 1 atom stereocenters. The van der Waals surface area contributed by atoms with E-state index in [1.165, 1.54) is 0 Å². The molecule has 4 nitrogen and oxygen atoms in total. The van der Waals surface area contributed by atoms with Crippen LogP contribution in [0.1, 0.15) is 0 Å². The summed E-state index contributed by atoms with van der Waals surface area (Å²) in [6, 6.07) is 13.6. The summed E-state index contributed by atoms with van der Waals surface area (Å²) in [5, 5.41) is 9.14. The molecule has 2 aromatic carbocycles. The summed E-state index contributed by atoms with van der Waals surface area (Å²) in [7, 11) is 1.65. The number of ether oxygens (including phenoxy) is 3. The molecule has 3 rings (SSSR count). The van der Waals surface area contributed by atoms with Gasteiger partial charge in [0.25, 0.3) is 0 Å². The van der Waals surface area contributed by atoms with Gasteiger partial charge in [0.15, 0.2) is 17.6 Å². The van der Waals surface area contributed by atoms with Gasteiger partial charge in [0.05, 0.1) is 13.7 Å². The van der Waals surface area contributed by atoms with Gasteiger partial charge >= 0.3 is 0 Å². The SMILES string of the molecule is COc1ccc(-c2ccc3c(c2)OC(CO)CO3)cc1. The van der Waals surface area contributed by atoms with Crippen LogP contribution in [0, 0.1) is 0 Å². The number of methoxy groups -OCH3 is 1. The maximum atomic E-state index is 9.14. The first-order valence-corrected chi connectivity index (χ1v) is 6.49. The monoisotopic (exact) mass is 272 g/mol. The Morgan fingerprint density at radius 2 is 1.85 bits per heavy atom. The fourth-order valence-corrected chi connectivity index (χ4v) is 2.17. The van der Waals surface area contributed by atoms with Crippen LogP contribution in [-0.2, 0) is 0 Å². The lowest BCUT2D eigenvalue weighted by molar-refractivity contribution is 0.0457. The summed E-state index contributed by atoms with van der Waals surface area (Å²) in [6.07, 6.45) is -0.298. The Balaban J connectivity index is 1.91. The Bertz CT molecular complexity index is 592. The van der Waals surface area contributed by atoms with Crippen LogP contribution in [0.5, 0.6) is 17.2 Å². The fourth-order valence-electron chi connectivity index (χ4n) is 2.17. The summed E-state index contributed by atoms with van der Waals surface area (Å²) < 4.78 is 16.4. The second-order valence-corrected chi connectivity index (χ2v) is 4.62. The van der Waals surface area contributed by atoms with Crippen molar-refractivity contribution in [2.75, 3.05) is 20.3 Å². The molecule has 1 heterocycles. The molecule has 1 aliphatic heterocycles. The highest BCUT2D eigenvalue weighted by atomic mass is 16.6. The zero-order valence-electron chi connectivity index (χ0n) is 11.2. The third-order valence-corrected chi connectivity index (χ3v) is 3.29. The van der Waals surface area contributed by atoms with Gasteiger partial charge in [-0.15, -0.1) is 0 Å². The van der Waals surface area contributed by atoms with Crippen LogP contribution in [0.2, 0.25) is 0 Å². The van der Waals surface area contributed by atoms with Crippen LogP contribution in [-0.4, -0.2) is 31.5 Å². The first kappa shape index (κ1) is 12.8. The van der Waals surface area contributed by atoms with Crippen molar-refractivity contribution in [2.24, 2.45) is 0 Å². The van der Waals surface area contributed by atoms with Crippen molar-refractivity contribution in [3.8, 4) is 28.4 Å². The molecule has 0 spiro atoms. The van der Waals surface area contributed by atoms with Crippen LogP contribution in [0.25, 0.3) is 11.1 Å². The van der Waals surface area contributed by atoms with Gasteiger partial charge in [-0.1, -0.05) is 18.2 Å². The quantitative estimate of drug-likeness (QED) is 0.932. The van der Waals surface area contributed by atoms with Gasteiger partial charge in [0, 0.05) is 0 Å². The molecule has 20 heavy (non-hydrogen) atoms. The predicted octanol–water partition coefficient (Wildman–Crippen LogP) is 2.49. The van der Waals surface area contributed by atoms with E-state index in [2.05, 4.69) is 0 Å². The third-order valence-electron chi connectivity index (χ3n) is 3.29. The van der Waals surface area contributed by atoms with Crippen molar-refractivity contribution in [3.63, 3.8) is 0 Å². The summed E-state index contributed by atoms with van der Waals surface area (Å²) in [5.74, 6) is 2.21. The van der Waals surface area contributed by atoms with Gasteiger partial charge in [-0.2, -0.15) is 0 Å². The average molecular weight is 272 g/mol. The van der Waals surface area contributed by atoms with E-state index in [9.17, 15) is 0 Å². The Morgan fingerprint density at radius 3 is 2.55 bits per heavy atom. The van der Waals surface area contributed by atoms with Crippen molar-refractivity contribution < 1.29 is 19.3 Å². The third kappa shape index (κ3) is 2.42. The Morgan fingerprint density at radius 1 is 1.10 bits per heavy atom. The minimum Gasteiger partial charge on any atom is -0.497 e. The van der Waals surface area contributed by atoms with Crippen LogP contribution >= 0.6 is 0 Å². The number of fused-ring (bicyclic) bond motifs is 1. The van der Waals surface area contributed by atoms with E-state index in [-0.39, 0.29) is 12.7 Å². The van der Waals surface area contributed by atoms with E-state index in [4.69, 9.17) is 19.3 Å². The molecule has 0 amide bonds. The van der Waals surface area contributed by atoms with E-state index in [0.717, 1.165) is 16.9 Å². The first-order chi connectivity index (χ1) is 9.80. The number of benzene rings is 2. The Hall–Kier alpha value is -2.20. The van der Waals surface area contributed by atoms with E-state index in [0.29, 0.717) is 18.1 Å². The number of aliphatic hydroxyl groups excluding tert-OH is 1. The van der Waals surface area contributed by atoms with Crippen molar-refractivity contribution in [2.45, 2.75) is 6.10 Å². The molecule has 1 N–H and O–H groups in total. The van der Waals surface area contributed by atoms with Gasteiger partial charge in [-0.25, -0.2) is 0 Å². The van der Waals surface area contributed by atoms with Crippen molar-refractivity contribution >= 4 is 0 Å². The minimum absolute atomic E-state index is 0.0494. The highest BCUT2D eigenvalue weighted by molar-refractivity contribution is 5.68. The highest BCUT2D eigenvalue weighted by Gasteiger charge is 2.20. The number of rotatable bonds is 3. The highest BCUT2D eigenvalue weighted by Crippen LogP contribution is 2.36. The lowest BCUT2D eigenvalue weighted by Gasteiger charge is -2.25. The lowest BCUT2D eigenvalue weighted by Crippen LogP contribution is -2.32. The first-order valence-electron chi connectivity index (χ1n) is 6.49.